The van der Waals surface area contributed by atoms with Gasteiger partial charge in [0.1, 0.15) is 0 Å². The van der Waals surface area contributed by atoms with Crippen LogP contribution in [0.5, 0.6) is 0 Å². The Kier molecular flexibility index (Phi) is 2.55. The predicted octanol–water partition coefficient (Wildman–Crippen LogP) is 2.10. The Morgan fingerprint density at radius 1 is 1.36 bits per heavy atom. The van der Waals surface area contributed by atoms with E-state index < -0.39 is 0 Å². The summed E-state index contributed by atoms with van der Waals surface area (Å²) in [4.78, 5) is 5.29. The minimum absolute atomic E-state index is 0.290. The van der Waals surface area contributed by atoms with Crippen molar-refractivity contribution in [3.8, 4) is 0 Å². The first kappa shape index (κ1) is 9.01. The molecule has 0 aromatic rings. The third kappa shape index (κ3) is 2.80. The van der Waals surface area contributed by atoms with Gasteiger partial charge in [-0.15, -0.1) is 0 Å². The van der Waals surface area contributed by atoms with E-state index in [0.29, 0.717) is 17.6 Å². The van der Waals surface area contributed by atoms with E-state index in [0.717, 1.165) is 0 Å². The van der Waals surface area contributed by atoms with Gasteiger partial charge in [-0.3, -0.25) is 4.84 Å². The summed E-state index contributed by atoms with van der Waals surface area (Å²) in [5.74, 6) is 0. The summed E-state index contributed by atoms with van der Waals surface area (Å²) < 4.78 is 0. The highest BCUT2D eigenvalue weighted by Gasteiger charge is 2.36. The maximum absolute atomic E-state index is 5.29. The normalized spacial score (nSPS) is 23.7. The Morgan fingerprint density at radius 3 is 2.27 bits per heavy atom. The molecule has 0 spiro atoms. The van der Waals surface area contributed by atoms with Crippen LogP contribution in [0.4, 0.5) is 0 Å². The number of rotatable bonds is 3. The second-order valence-corrected chi connectivity index (χ2v) is 4.55. The SMILES string of the molecule is CC(C)ONC1CC(C)(C)C1. The zero-order chi connectivity index (χ0) is 8.48. The third-order valence-corrected chi connectivity index (χ3v) is 2.07. The lowest BCUT2D eigenvalue weighted by molar-refractivity contribution is -0.0675. The summed E-state index contributed by atoms with van der Waals surface area (Å²) in [6.45, 7) is 8.66. The summed E-state index contributed by atoms with van der Waals surface area (Å²) in [5, 5.41) is 0. The molecule has 0 saturated heterocycles. The van der Waals surface area contributed by atoms with Gasteiger partial charge in [0.05, 0.1) is 6.10 Å². The standard InChI is InChI=1S/C9H19NO/c1-7(2)11-10-8-5-9(3,4)6-8/h7-8,10H,5-6H2,1-4H3. The summed E-state index contributed by atoms with van der Waals surface area (Å²) in [6, 6.07) is 0.590. The zero-order valence-corrected chi connectivity index (χ0v) is 7.98. The monoisotopic (exact) mass is 157 g/mol. The maximum atomic E-state index is 5.29. The van der Waals surface area contributed by atoms with Crippen LogP contribution in [0.2, 0.25) is 0 Å². The first-order chi connectivity index (χ1) is 4.99. The lowest BCUT2D eigenvalue weighted by atomic mass is 9.69. The minimum atomic E-state index is 0.290. The van der Waals surface area contributed by atoms with Gasteiger partial charge in [0.2, 0.25) is 0 Å². The highest BCUT2D eigenvalue weighted by Crippen LogP contribution is 2.39. The van der Waals surface area contributed by atoms with Gasteiger partial charge in [-0.1, -0.05) is 13.8 Å². The van der Waals surface area contributed by atoms with E-state index in [-0.39, 0.29) is 0 Å². The molecule has 2 heteroatoms. The van der Waals surface area contributed by atoms with Crippen LogP contribution in [-0.2, 0) is 4.84 Å². The molecule has 11 heavy (non-hydrogen) atoms. The van der Waals surface area contributed by atoms with Crippen molar-refractivity contribution >= 4 is 0 Å². The minimum Gasteiger partial charge on any atom is -0.299 e. The fourth-order valence-corrected chi connectivity index (χ4v) is 1.59. The van der Waals surface area contributed by atoms with Crippen molar-refractivity contribution in [2.75, 3.05) is 0 Å². The van der Waals surface area contributed by atoms with Crippen LogP contribution in [0.25, 0.3) is 0 Å². The van der Waals surface area contributed by atoms with Crippen LogP contribution in [0.15, 0.2) is 0 Å². The molecule has 1 fully saturated rings. The quantitative estimate of drug-likeness (QED) is 0.633. The van der Waals surface area contributed by atoms with Crippen molar-refractivity contribution in [3.63, 3.8) is 0 Å². The Hall–Kier alpha value is -0.0800. The number of nitrogens with one attached hydrogen (secondary N) is 1. The molecule has 0 atom stereocenters. The van der Waals surface area contributed by atoms with Crippen LogP contribution < -0.4 is 5.48 Å². The van der Waals surface area contributed by atoms with Gasteiger partial charge in [-0.05, 0) is 32.1 Å². The Labute approximate surface area is 69.3 Å². The second-order valence-electron chi connectivity index (χ2n) is 4.55. The summed E-state index contributed by atoms with van der Waals surface area (Å²) in [6.07, 6.45) is 2.76. The Balaban J connectivity index is 2.05. The third-order valence-electron chi connectivity index (χ3n) is 2.07. The molecule has 66 valence electrons. The molecule has 0 aliphatic heterocycles. The highest BCUT2D eigenvalue weighted by molar-refractivity contribution is 4.89. The number of hydroxylamine groups is 1. The molecule has 1 N–H and O–H groups in total. The molecule has 1 aliphatic carbocycles. The van der Waals surface area contributed by atoms with E-state index in [9.17, 15) is 0 Å². The maximum Gasteiger partial charge on any atom is 0.0734 e. The van der Waals surface area contributed by atoms with Gasteiger partial charge in [0.15, 0.2) is 0 Å². The smallest absolute Gasteiger partial charge is 0.0734 e. The Morgan fingerprint density at radius 2 is 1.91 bits per heavy atom. The molecule has 0 aromatic carbocycles. The molecule has 1 rings (SSSR count). The van der Waals surface area contributed by atoms with Crippen LogP contribution in [-0.4, -0.2) is 12.1 Å². The van der Waals surface area contributed by atoms with Crippen molar-refractivity contribution in [2.24, 2.45) is 5.41 Å². The molecule has 0 unspecified atom stereocenters. The first-order valence-electron chi connectivity index (χ1n) is 4.41. The van der Waals surface area contributed by atoms with Gasteiger partial charge >= 0.3 is 0 Å². The summed E-state index contributed by atoms with van der Waals surface area (Å²) >= 11 is 0. The molecule has 0 bridgehead atoms. The molecule has 1 aliphatic rings. The fraction of sp³-hybridized carbons (Fsp3) is 1.00. The van der Waals surface area contributed by atoms with Gasteiger partial charge in [-0.25, -0.2) is 0 Å². The van der Waals surface area contributed by atoms with Crippen LogP contribution in [0.3, 0.4) is 0 Å². The van der Waals surface area contributed by atoms with Crippen molar-refractivity contribution in [3.05, 3.63) is 0 Å². The number of hydrogen-bond acceptors (Lipinski definition) is 2. The highest BCUT2D eigenvalue weighted by atomic mass is 16.7. The van der Waals surface area contributed by atoms with Gasteiger partial charge in [-0.2, -0.15) is 5.48 Å². The summed E-state index contributed by atoms with van der Waals surface area (Å²) in [7, 11) is 0. The fourth-order valence-electron chi connectivity index (χ4n) is 1.59. The van der Waals surface area contributed by atoms with E-state index in [1.54, 1.807) is 0 Å². The van der Waals surface area contributed by atoms with E-state index >= 15 is 0 Å². The van der Waals surface area contributed by atoms with Gasteiger partial charge in [0, 0.05) is 6.04 Å². The summed E-state index contributed by atoms with van der Waals surface area (Å²) in [5.41, 5.74) is 3.61. The van der Waals surface area contributed by atoms with Crippen LogP contribution >= 0.6 is 0 Å². The molecular weight excluding hydrogens is 138 g/mol. The lowest BCUT2D eigenvalue weighted by Crippen LogP contribution is -2.46. The van der Waals surface area contributed by atoms with Crippen LogP contribution in [0.1, 0.15) is 40.5 Å². The van der Waals surface area contributed by atoms with E-state index in [1.807, 2.05) is 13.8 Å². The van der Waals surface area contributed by atoms with Crippen LogP contribution in [0, 0.1) is 5.41 Å². The van der Waals surface area contributed by atoms with E-state index in [4.69, 9.17) is 4.84 Å². The Bertz CT molecular complexity index is 124. The topological polar surface area (TPSA) is 21.3 Å². The molecule has 0 radical (unpaired) electrons. The molecule has 2 nitrogen and oxygen atoms in total. The van der Waals surface area contributed by atoms with Crippen molar-refractivity contribution < 1.29 is 4.84 Å². The zero-order valence-electron chi connectivity index (χ0n) is 7.98. The lowest BCUT2D eigenvalue weighted by Gasteiger charge is -2.42. The predicted molar refractivity (Wildman–Crippen MR) is 46.2 cm³/mol. The van der Waals surface area contributed by atoms with Gasteiger partial charge < -0.3 is 0 Å². The van der Waals surface area contributed by atoms with Crippen molar-refractivity contribution in [1.29, 1.82) is 0 Å². The second kappa shape index (κ2) is 3.11. The molecule has 0 heterocycles. The first-order valence-corrected chi connectivity index (χ1v) is 4.41. The van der Waals surface area contributed by atoms with E-state index in [2.05, 4.69) is 19.3 Å². The molecule has 0 aromatic heterocycles. The largest absolute Gasteiger partial charge is 0.299 e. The molecular formula is C9H19NO. The molecule has 0 amide bonds. The average Bonchev–Trinajstić information content (AvgIpc) is 1.78. The number of hydrogen-bond donors (Lipinski definition) is 1. The molecule has 1 saturated carbocycles. The van der Waals surface area contributed by atoms with Gasteiger partial charge in [0.25, 0.3) is 0 Å². The van der Waals surface area contributed by atoms with Crippen molar-refractivity contribution in [2.45, 2.75) is 52.7 Å². The van der Waals surface area contributed by atoms with Crippen molar-refractivity contribution in [1.82, 2.24) is 5.48 Å². The average molecular weight is 157 g/mol. The van der Waals surface area contributed by atoms with E-state index in [1.165, 1.54) is 12.8 Å².